The summed E-state index contributed by atoms with van der Waals surface area (Å²) in [4.78, 5) is 14.1. The van der Waals surface area contributed by atoms with E-state index in [4.69, 9.17) is 0 Å². The minimum absolute atomic E-state index is 0.221. The van der Waals surface area contributed by atoms with Gasteiger partial charge >= 0.3 is 0 Å². The number of carbonyl (C=O) groups is 1. The van der Waals surface area contributed by atoms with E-state index >= 15 is 0 Å². The summed E-state index contributed by atoms with van der Waals surface area (Å²) >= 11 is 0. The van der Waals surface area contributed by atoms with Crippen molar-refractivity contribution in [2.24, 2.45) is 5.92 Å². The minimum atomic E-state index is 0.221. The van der Waals surface area contributed by atoms with Crippen molar-refractivity contribution in [2.75, 3.05) is 19.6 Å². The van der Waals surface area contributed by atoms with Crippen molar-refractivity contribution in [1.82, 2.24) is 20.0 Å². The first-order valence-corrected chi connectivity index (χ1v) is 7.13. The first kappa shape index (κ1) is 14.1. The number of nitrogens with one attached hydrogen (secondary N) is 1. The Bertz CT molecular complexity index is 390. The molecular weight excluding hydrogens is 240 g/mol. The highest BCUT2D eigenvalue weighted by Crippen LogP contribution is 2.15. The van der Waals surface area contributed by atoms with Gasteiger partial charge in [0, 0.05) is 31.5 Å². The fraction of sp³-hybridized carbons (Fsp3) is 0.714. The quantitative estimate of drug-likeness (QED) is 0.867. The van der Waals surface area contributed by atoms with Gasteiger partial charge in [0.25, 0.3) is 0 Å². The van der Waals surface area contributed by atoms with E-state index in [9.17, 15) is 4.79 Å². The third kappa shape index (κ3) is 4.35. The molecule has 2 atom stereocenters. The molecule has 1 aliphatic heterocycles. The molecule has 1 aliphatic rings. The molecule has 0 aliphatic carbocycles. The van der Waals surface area contributed by atoms with Crippen molar-refractivity contribution in [1.29, 1.82) is 0 Å². The number of amides is 1. The Morgan fingerprint density at radius 1 is 1.58 bits per heavy atom. The van der Waals surface area contributed by atoms with E-state index in [1.54, 1.807) is 6.20 Å². The Balaban J connectivity index is 1.70. The third-order valence-electron chi connectivity index (χ3n) is 3.63. The van der Waals surface area contributed by atoms with Gasteiger partial charge in [-0.1, -0.05) is 6.92 Å². The molecule has 2 heterocycles. The zero-order valence-corrected chi connectivity index (χ0v) is 11.9. The Hall–Kier alpha value is -1.36. The molecule has 1 saturated heterocycles. The molecule has 0 radical (unpaired) electrons. The Labute approximate surface area is 115 Å². The normalized spacial score (nSPS) is 21.4. The molecule has 5 nitrogen and oxygen atoms in total. The number of hydrogen-bond donors (Lipinski definition) is 1. The average molecular weight is 264 g/mol. The van der Waals surface area contributed by atoms with Crippen LogP contribution in [0.5, 0.6) is 0 Å². The Kier molecular flexibility index (Phi) is 4.96. The van der Waals surface area contributed by atoms with Crippen LogP contribution in [-0.2, 0) is 11.3 Å². The van der Waals surface area contributed by atoms with E-state index in [1.807, 2.05) is 21.8 Å². The van der Waals surface area contributed by atoms with Crippen molar-refractivity contribution in [2.45, 2.75) is 39.3 Å². The van der Waals surface area contributed by atoms with Crippen LogP contribution in [0.3, 0.4) is 0 Å². The lowest BCUT2D eigenvalue weighted by molar-refractivity contribution is -0.132. The number of carbonyl (C=O) groups excluding carboxylic acids is 1. The van der Waals surface area contributed by atoms with Gasteiger partial charge in [-0.3, -0.25) is 9.48 Å². The van der Waals surface area contributed by atoms with Crippen LogP contribution in [0.4, 0.5) is 0 Å². The zero-order chi connectivity index (χ0) is 13.7. The second-order valence-electron chi connectivity index (χ2n) is 5.60. The van der Waals surface area contributed by atoms with Gasteiger partial charge in [0.2, 0.25) is 5.91 Å². The van der Waals surface area contributed by atoms with Crippen LogP contribution in [0, 0.1) is 5.92 Å². The number of aromatic nitrogens is 2. The number of nitrogens with zero attached hydrogens (tertiary/aromatic N) is 3. The molecule has 1 fully saturated rings. The Morgan fingerprint density at radius 3 is 3.11 bits per heavy atom. The van der Waals surface area contributed by atoms with Gasteiger partial charge in [-0.2, -0.15) is 5.10 Å². The van der Waals surface area contributed by atoms with Gasteiger partial charge in [-0.25, -0.2) is 0 Å². The molecule has 0 aromatic carbocycles. The second kappa shape index (κ2) is 6.70. The maximum atomic E-state index is 12.1. The van der Waals surface area contributed by atoms with E-state index in [1.165, 1.54) is 6.42 Å². The molecule has 2 rings (SSSR count). The highest BCUT2D eigenvalue weighted by Gasteiger charge is 2.20. The summed E-state index contributed by atoms with van der Waals surface area (Å²) in [5, 5.41) is 7.45. The van der Waals surface area contributed by atoms with Gasteiger partial charge in [-0.15, -0.1) is 0 Å². The molecule has 0 unspecified atom stereocenters. The lowest BCUT2D eigenvalue weighted by atomic mass is 10.0. The van der Waals surface area contributed by atoms with Gasteiger partial charge in [0.15, 0.2) is 0 Å². The van der Waals surface area contributed by atoms with Crippen molar-refractivity contribution in [3.8, 4) is 0 Å². The fourth-order valence-corrected chi connectivity index (χ4v) is 2.54. The summed E-state index contributed by atoms with van der Waals surface area (Å²) in [5.41, 5.74) is 0. The largest absolute Gasteiger partial charge is 0.341 e. The summed E-state index contributed by atoms with van der Waals surface area (Å²) in [6, 6.07) is 2.15. The number of piperidine rings is 1. The van der Waals surface area contributed by atoms with Gasteiger partial charge in [0.1, 0.15) is 0 Å². The molecule has 5 heteroatoms. The van der Waals surface area contributed by atoms with E-state index in [-0.39, 0.29) is 11.9 Å². The minimum Gasteiger partial charge on any atom is -0.341 e. The molecule has 0 saturated carbocycles. The maximum Gasteiger partial charge on any atom is 0.236 e. The van der Waals surface area contributed by atoms with Crippen molar-refractivity contribution >= 4 is 5.91 Å². The lowest BCUT2D eigenvalue weighted by Gasteiger charge is -2.31. The summed E-state index contributed by atoms with van der Waals surface area (Å²) in [6.45, 7) is 7.33. The molecule has 0 bridgehead atoms. The molecule has 1 aromatic heterocycles. The molecule has 1 aromatic rings. The van der Waals surface area contributed by atoms with Crippen LogP contribution in [0.15, 0.2) is 18.5 Å². The Morgan fingerprint density at radius 2 is 2.42 bits per heavy atom. The first-order chi connectivity index (χ1) is 9.15. The lowest BCUT2D eigenvalue weighted by Crippen LogP contribution is -2.45. The van der Waals surface area contributed by atoms with Crippen LogP contribution in [0.25, 0.3) is 0 Å². The van der Waals surface area contributed by atoms with Crippen LogP contribution in [0.2, 0.25) is 0 Å². The van der Waals surface area contributed by atoms with Crippen molar-refractivity contribution in [3.05, 3.63) is 18.5 Å². The van der Waals surface area contributed by atoms with E-state index in [0.29, 0.717) is 12.5 Å². The van der Waals surface area contributed by atoms with Crippen molar-refractivity contribution in [3.63, 3.8) is 0 Å². The summed E-state index contributed by atoms with van der Waals surface area (Å²) in [7, 11) is 0. The van der Waals surface area contributed by atoms with E-state index in [2.05, 4.69) is 24.3 Å². The van der Waals surface area contributed by atoms with E-state index in [0.717, 1.165) is 26.1 Å². The maximum absolute atomic E-state index is 12.1. The van der Waals surface area contributed by atoms with Gasteiger partial charge in [0.05, 0.1) is 13.1 Å². The smallest absolute Gasteiger partial charge is 0.236 e. The standard InChI is InChI=1S/C14H24N4O/c1-12-5-3-7-17(10-12)14(19)9-15-13(2)11-18-8-4-6-16-18/h4,6,8,12-13,15H,3,5,7,9-11H2,1-2H3/t12-,13+/m0/s1. The zero-order valence-electron chi connectivity index (χ0n) is 11.9. The van der Waals surface area contributed by atoms with Crippen LogP contribution in [0.1, 0.15) is 26.7 Å². The van der Waals surface area contributed by atoms with E-state index < -0.39 is 0 Å². The van der Waals surface area contributed by atoms with Crippen molar-refractivity contribution < 1.29 is 4.79 Å². The van der Waals surface area contributed by atoms with Crippen LogP contribution >= 0.6 is 0 Å². The molecule has 106 valence electrons. The average Bonchev–Trinajstić information content (AvgIpc) is 2.88. The highest BCUT2D eigenvalue weighted by atomic mass is 16.2. The number of hydrogen-bond acceptors (Lipinski definition) is 3. The topological polar surface area (TPSA) is 50.2 Å². The van der Waals surface area contributed by atoms with Crippen LogP contribution < -0.4 is 5.32 Å². The fourth-order valence-electron chi connectivity index (χ4n) is 2.54. The second-order valence-corrected chi connectivity index (χ2v) is 5.60. The van der Waals surface area contributed by atoms with Crippen LogP contribution in [-0.4, -0.2) is 46.3 Å². The van der Waals surface area contributed by atoms with Gasteiger partial charge in [-0.05, 0) is 31.7 Å². The third-order valence-corrected chi connectivity index (χ3v) is 3.63. The highest BCUT2D eigenvalue weighted by molar-refractivity contribution is 5.78. The molecule has 1 amide bonds. The number of rotatable bonds is 5. The molecular formula is C14H24N4O. The first-order valence-electron chi connectivity index (χ1n) is 7.13. The van der Waals surface area contributed by atoms with Gasteiger partial charge < -0.3 is 10.2 Å². The monoisotopic (exact) mass is 264 g/mol. The molecule has 19 heavy (non-hydrogen) atoms. The molecule has 0 spiro atoms. The summed E-state index contributed by atoms with van der Waals surface area (Å²) in [6.07, 6.45) is 6.09. The molecule has 1 N–H and O–H groups in total. The number of likely N-dealkylation sites (tertiary alicyclic amines) is 1. The predicted molar refractivity (Wildman–Crippen MR) is 74.7 cm³/mol. The SMILES string of the molecule is C[C@H]1CCCN(C(=O)CN[C@H](C)Cn2cccn2)C1. The summed E-state index contributed by atoms with van der Waals surface area (Å²) < 4.78 is 1.88. The predicted octanol–water partition coefficient (Wildman–Crippen LogP) is 1.12. The summed E-state index contributed by atoms with van der Waals surface area (Å²) in [5.74, 6) is 0.859.